The molecule has 0 radical (unpaired) electrons. The van der Waals surface area contributed by atoms with Gasteiger partial charge in [0.2, 0.25) is 0 Å². The van der Waals surface area contributed by atoms with Crippen molar-refractivity contribution in [3.63, 3.8) is 0 Å². The summed E-state index contributed by atoms with van der Waals surface area (Å²) in [4.78, 5) is 19.0. The highest BCUT2D eigenvalue weighted by atomic mass is 16.1. The lowest BCUT2D eigenvalue weighted by Crippen LogP contribution is -2.31. The van der Waals surface area contributed by atoms with E-state index < -0.39 is 0 Å². The third-order valence-electron chi connectivity index (χ3n) is 4.79. The SMILES string of the molecule is Cc1cc(-c2cccc(C(=O)NCCC3CCCN3C)c2)ccn1. The topological polar surface area (TPSA) is 45.2 Å². The molecule has 3 rings (SSSR count). The van der Waals surface area contributed by atoms with Crippen LogP contribution in [-0.4, -0.2) is 42.0 Å². The van der Waals surface area contributed by atoms with E-state index in [0.29, 0.717) is 11.6 Å². The quantitative estimate of drug-likeness (QED) is 0.918. The Balaban J connectivity index is 1.62. The van der Waals surface area contributed by atoms with E-state index >= 15 is 0 Å². The molecule has 24 heavy (non-hydrogen) atoms. The molecular weight excluding hydrogens is 298 g/mol. The first-order chi connectivity index (χ1) is 11.6. The van der Waals surface area contributed by atoms with Gasteiger partial charge in [0.15, 0.2) is 0 Å². The summed E-state index contributed by atoms with van der Waals surface area (Å²) in [7, 11) is 2.17. The number of hydrogen-bond acceptors (Lipinski definition) is 3. The van der Waals surface area contributed by atoms with Gasteiger partial charge in [-0.1, -0.05) is 12.1 Å². The van der Waals surface area contributed by atoms with Gasteiger partial charge in [0.1, 0.15) is 0 Å². The highest BCUT2D eigenvalue weighted by Gasteiger charge is 2.20. The van der Waals surface area contributed by atoms with Gasteiger partial charge in [-0.05, 0) is 75.2 Å². The minimum Gasteiger partial charge on any atom is -0.352 e. The molecule has 126 valence electrons. The lowest BCUT2D eigenvalue weighted by molar-refractivity contribution is 0.0950. The van der Waals surface area contributed by atoms with E-state index in [-0.39, 0.29) is 5.91 Å². The number of hydrogen-bond donors (Lipinski definition) is 1. The van der Waals surface area contributed by atoms with Crippen LogP contribution in [0.25, 0.3) is 11.1 Å². The second-order valence-electron chi connectivity index (χ2n) is 6.59. The zero-order valence-electron chi connectivity index (χ0n) is 14.5. The minimum atomic E-state index is 0.00304. The Morgan fingerprint density at radius 2 is 2.12 bits per heavy atom. The molecule has 1 saturated heterocycles. The molecule has 4 heteroatoms. The molecule has 0 aliphatic carbocycles. The van der Waals surface area contributed by atoms with E-state index in [1.165, 1.54) is 19.4 Å². The molecular formula is C20H25N3O. The van der Waals surface area contributed by atoms with E-state index in [9.17, 15) is 4.79 Å². The number of rotatable bonds is 5. The number of pyridine rings is 1. The van der Waals surface area contributed by atoms with Crippen molar-refractivity contribution in [1.29, 1.82) is 0 Å². The predicted octanol–water partition coefficient (Wildman–Crippen LogP) is 3.27. The first kappa shape index (κ1) is 16.7. The molecule has 1 fully saturated rings. The lowest BCUT2D eigenvalue weighted by atomic mass is 10.0. The Kier molecular flexibility index (Phi) is 5.26. The summed E-state index contributed by atoms with van der Waals surface area (Å²) in [5, 5.41) is 3.06. The van der Waals surface area contributed by atoms with Gasteiger partial charge in [-0.15, -0.1) is 0 Å². The molecule has 2 heterocycles. The molecule has 0 spiro atoms. The summed E-state index contributed by atoms with van der Waals surface area (Å²) in [6.45, 7) is 3.87. The van der Waals surface area contributed by atoms with Gasteiger partial charge in [0, 0.05) is 30.0 Å². The fourth-order valence-electron chi connectivity index (χ4n) is 3.36. The summed E-state index contributed by atoms with van der Waals surface area (Å²) in [5.74, 6) is 0.00304. The number of carbonyl (C=O) groups excluding carboxylic acids is 1. The predicted molar refractivity (Wildman–Crippen MR) is 97.0 cm³/mol. The number of aromatic nitrogens is 1. The Morgan fingerprint density at radius 1 is 1.29 bits per heavy atom. The zero-order chi connectivity index (χ0) is 16.9. The van der Waals surface area contributed by atoms with Crippen molar-refractivity contribution in [3.8, 4) is 11.1 Å². The van der Waals surface area contributed by atoms with Crippen molar-refractivity contribution in [1.82, 2.24) is 15.2 Å². The number of carbonyl (C=O) groups is 1. The van der Waals surface area contributed by atoms with Gasteiger partial charge in [-0.3, -0.25) is 9.78 Å². The third-order valence-corrected chi connectivity index (χ3v) is 4.79. The molecule has 2 aromatic rings. The highest BCUT2D eigenvalue weighted by molar-refractivity contribution is 5.95. The number of benzene rings is 1. The van der Waals surface area contributed by atoms with Crippen LogP contribution in [0.5, 0.6) is 0 Å². The molecule has 1 aromatic carbocycles. The van der Waals surface area contributed by atoms with Crippen LogP contribution in [0, 0.1) is 6.92 Å². The van der Waals surface area contributed by atoms with Crippen LogP contribution in [0.2, 0.25) is 0 Å². The second-order valence-corrected chi connectivity index (χ2v) is 6.59. The van der Waals surface area contributed by atoms with Crippen LogP contribution in [-0.2, 0) is 0 Å². The number of nitrogens with one attached hydrogen (secondary N) is 1. The molecule has 1 unspecified atom stereocenters. The molecule has 1 atom stereocenters. The monoisotopic (exact) mass is 323 g/mol. The largest absolute Gasteiger partial charge is 0.352 e. The van der Waals surface area contributed by atoms with Crippen molar-refractivity contribution in [2.24, 2.45) is 0 Å². The van der Waals surface area contributed by atoms with E-state index in [4.69, 9.17) is 0 Å². The summed E-state index contributed by atoms with van der Waals surface area (Å²) in [6, 6.07) is 12.4. The van der Waals surface area contributed by atoms with Crippen molar-refractivity contribution in [2.75, 3.05) is 20.1 Å². The van der Waals surface area contributed by atoms with E-state index in [1.807, 2.05) is 43.3 Å². The van der Waals surface area contributed by atoms with Gasteiger partial charge in [-0.2, -0.15) is 0 Å². The lowest BCUT2D eigenvalue weighted by Gasteiger charge is -2.19. The average Bonchev–Trinajstić information content (AvgIpc) is 3.00. The maximum Gasteiger partial charge on any atom is 0.251 e. The molecule has 1 N–H and O–H groups in total. The Morgan fingerprint density at radius 3 is 2.88 bits per heavy atom. The van der Waals surface area contributed by atoms with Crippen molar-refractivity contribution >= 4 is 5.91 Å². The first-order valence-electron chi connectivity index (χ1n) is 8.65. The Labute approximate surface area is 143 Å². The summed E-state index contributed by atoms with van der Waals surface area (Å²) in [6.07, 6.45) is 5.33. The number of amides is 1. The van der Waals surface area contributed by atoms with Crippen LogP contribution < -0.4 is 5.32 Å². The molecule has 1 aromatic heterocycles. The standard InChI is InChI=1S/C20H25N3O/c1-15-13-17(8-10-21-15)16-5-3-6-18(14-16)20(24)22-11-9-19-7-4-12-23(19)2/h3,5-6,8,10,13-14,19H,4,7,9,11-12H2,1-2H3,(H,22,24). The van der Waals surface area contributed by atoms with Gasteiger partial charge in [0.05, 0.1) is 0 Å². The van der Waals surface area contributed by atoms with Crippen molar-refractivity contribution < 1.29 is 4.79 Å². The smallest absolute Gasteiger partial charge is 0.251 e. The van der Waals surface area contributed by atoms with Gasteiger partial charge < -0.3 is 10.2 Å². The van der Waals surface area contributed by atoms with E-state index in [2.05, 4.69) is 22.2 Å². The number of aryl methyl sites for hydroxylation is 1. The van der Waals surface area contributed by atoms with Gasteiger partial charge >= 0.3 is 0 Å². The van der Waals surface area contributed by atoms with E-state index in [0.717, 1.165) is 29.8 Å². The summed E-state index contributed by atoms with van der Waals surface area (Å²) >= 11 is 0. The molecule has 1 aliphatic heterocycles. The summed E-state index contributed by atoms with van der Waals surface area (Å²) in [5.41, 5.74) is 3.82. The maximum atomic E-state index is 12.4. The van der Waals surface area contributed by atoms with Gasteiger partial charge in [0.25, 0.3) is 5.91 Å². The molecule has 1 aliphatic rings. The molecule has 0 saturated carbocycles. The normalized spacial score (nSPS) is 17.8. The van der Waals surface area contributed by atoms with Crippen LogP contribution in [0.3, 0.4) is 0 Å². The van der Waals surface area contributed by atoms with Crippen molar-refractivity contribution in [3.05, 3.63) is 53.9 Å². The highest BCUT2D eigenvalue weighted by Crippen LogP contribution is 2.21. The molecule has 4 nitrogen and oxygen atoms in total. The first-order valence-corrected chi connectivity index (χ1v) is 8.65. The van der Waals surface area contributed by atoms with Crippen LogP contribution in [0.1, 0.15) is 35.3 Å². The fourth-order valence-corrected chi connectivity index (χ4v) is 3.36. The number of likely N-dealkylation sites (tertiary alicyclic amines) is 1. The molecule has 0 bridgehead atoms. The zero-order valence-corrected chi connectivity index (χ0v) is 14.5. The van der Waals surface area contributed by atoms with Crippen LogP contribution >= 0.6 is 0 Å². The molecule has 1 amide bonds. The average molecular weight is 323 g/mol. The summed E-state index contributed by atoms with van der Waals surface area (Å²) < 4.78 is 0. The fraction of sp³-hybridized carbons (Fsp3) is 0.400. The second kappa shape index (κ2) is 7.58. The van der Waals surface area contributed by atoms with Crippen molar-refractivity contribution in [2.45, 2.75) is 32.2 Å². The van der Waals surface area contributed by atoms with Gasteiger partial charge in [-0.25, -0.2) is 0 Å². The minimum absolute atomic E-state index is 0.00304. The third kappa shape index (κ3) is 4.01. The number of nitrogens with zero attached hydrogens (tertiary/aromatic N) is 2. The maximum absolute atomic E-state index is 12.4. The van der Waals surface area contributed by atoms with Crippen LogP contribution in [0.15, 0.2) is 42.6 Å². The Hall–Kier alpha value is -2.20. The van der Waals surface area contributed by atoms with E-state index in [1.54, 1.807) is 6.20 Å². The Bertz CT molecular complexity index is 714. The van der Waals surface area contributed by atoms with Crippen LogP contribution in [0.4, 0.5) is 0 Å².